The van der Waals surface area contributed by atoms with E-state index in [-0.39, 0.29) is 0 Å². The number of nitriles is 2. The van der Waals surface area contributed by atoms with Gasteiger partial charge in [-0.3, -0.25) is 4.98 Å². The van der Waals surface area contributed by atoms with E-state index in [0.717, 1.165) is 5.69 Å². The molecule has 1 rings (SSSR count). The lowest BCUT2D eigenvalue weighted by atomic mass is 10.1. The number of rotatable bonds is 0. The van der Waals surface area contributed by atoms with Gasteiger partial charge >= 0.3 is 0 Å². The highest BCUT2D eigenvalue weighted by atomic mass is 14.7. The Bertz CT molecular complexity index is 355. The largest absolute Gasteiger partial charge is 0.260 e. The SMILES string of the molecule is Cc1cc(C#N)c(C#N)cn1. The van der Waals surface area contributed by atoms with Crippen molar-refractivity contribution < 1.29 is 0 Å². The first-order valence-corrected chi connectivity index (χ1v) is 3.05. The fourth-order valence-corrected chi connectivity index (χ4v) is 0.741. The maximum absolute atomic E-state index is 8.55. The van der Waals surface area contributed by atoms with Crippen molar-refractivity contribution in [2.24, 2.45) is 0 Å². The molecule has 0 atom stereocenters. The molecule has 3 nitrogen and oxygen atoms in total. The van der Waals surface area contributed by atoms with Crippen molar-refractivity contribution in [3.05, 3.63) is 29.1 Å². The van der Waals surface area contributed by atoms with E-state index in [0.29, 0.717) is 11.1 Å². The van der Waals surface area contributed by atoms with Crippen molar-refractivity contribution in [1.29, 1.82) is 10.5 Å². The van der Waals surface area contributed by atoms with E-state index in [1.807, 2.05) is 12.1 Å². The predicted molar refractivity (Wildman–Crippen MR) is 38.4 cm³/mol. The molecule has 0 radical (unpaired) electrons. The number of hydrogen-bond donors (Lipinski definition) is 0. The molecule has 0 amide bonds. The van der Waals surface area contributed by atoms with Crippen LogP contribution in [0.25, 0.3) is 0 Å². The second kappa shape index (κ2) is 2.81. The van der Waals surface area contributed by atoms with Crippen LogP contribution in [0.5, 0.6) is 0 Å². The van der Waals surface area contributed by atoms with Gasteiger partial charge in [-0.05, 0) is 13.0 Å². The van der Waals surface area contributed by atoms with Crippen molar-refractivity contribution in [2.45, 2.75) is 6.92 Å². The molecule has 0 fully saturated rings. The highest BCUT2D eigenvalue weighted by Crippen LogP contribution is 2.05. The topological polar surface area (TPSA) is 60.5 Å². The molecule has 0 aliphatic heterocycles. The first kappa shape index (κ1) is 7.24. The fraction of sp³-hybridized carbons (Fsp3) is 0.125. The van der Waals surface area contributed by atoms with Gasteiger partial charge in [0, 0.05) is 11.9 Å². The van der Waals surface area contributed by atoms with Crippen LogP contribution in [-0.2, 0) is 0 Å². The molecular formula is C8H5N3. The Morgan fingerprint density at radius 1 is 1.27 bits per heavy atom. The summed E-state index contributed by atoms with van der Waals surface area (Å²) in [5.41, 5.74) is 1.47. The van der Waals surface area contributed by atoms with E-state index in [4.69, 9.17) is 10.5 Å². The van der Waals surface area contributed by atoms with Crippen LogP contribution >= 0.6 is 0 Å². The standard InChI is InChI=1S/C8H5N3/c1-6-2-7(3-9)8(4-10)5-11-6/h2,5H,1H3. The zero-order chi connectivity index (χ0) is 8.27. The maximum atomic E-state index is 8.55. The first-order valence-electron chi connectivity index (χ1n) is 3.05. The lowest BCUT2D eigenvalue weighted by Crippen LogP contribution is -1.88. The van der Waals surface area contributed by atoms with Crippen molar-refractivity contribution in [3.8, 4) is 12.1 Å². The minimum absolute atomic E-state index is 0.332. The van der Waals surface area contributed by atoms with Gasteiger partial charge in [0.15, 0.2) is 0 Å². The smallest absolute Gasteiger partial charge is 0.102 e. The van der Waals surface area contributed by atoms with Gasteiger partial charge in [-0.25, -0.2) is 0 Å². The van der Waals surface area contributed by atoms with Gasteiger partial charge in [0.25, 0.3) is 0 Å². The van der Waals surface area contributed by atoms with Crippen LogP contribution in [0, 0.1) is 29.6 Å². The molecule has 0 aromatic carbocycles. The number of aryl methyl sites for hydroxylation is 1. The molecule has 0 spiro atoms. The molecule has 0 aliphatic rings. The highest BCUT2D eigenvalue weighted by Gasteiger charge is 2.00. The van der Waals surface area contributed by atoms with Gasteiger partial charge in [-0.2, -0.15) is 10.5 Å². The van der Waals surface area contributed by atoms with Gasteiger partial charge in [0.1, 0.15) is 12.1 Å². The molecule has 0 N–H and O–H groups in total. The second-order valence-corrected chi connectivity index (χ2v) is 2.09. The molecule has 0 bridgehead atoms. The summed E-state index contributed by atoms with van der Waals surface area (Å²) < 4.78 is 0. The van der Waals surface area contributed by atoms with Crippen LogP contribution in [0.4, 0.5) is 0 Å². The molecule has 1 aromatic rings. The summed E-state index contributed by atoms with van der Waals surface area (Å²) in [5.74, 6) is 0. The molecule has 11 heavy (non-hydrogen) atoms. The van der Waals surface area contributed by atoms with Crippen LogP contribution in [0.1, 0.15) is 16.8 Å². The van der Waals surface area contributed by atoms with Crippen molar-refractivity contribution in [1.82, 2.24) is 4.98 Å². The van der Waals surface area contributed by atoms with E-state index in [1.165, 1.54) is 6.20 Å². The maximum Gasteiger partial charge on any atom is 0.102 e. The normalized spacial score (nSPS) is 8.27. The summed E-state index contributed by atoms with van der Waals surface area (Å²) >= 11 is 0. The molecule has 0 saturated carbocycles. The lowest BCUT2D eigenvalue weighted by Gasteiger charge is -1.93. The Kier molecular flexibility index (Phi) is 1.85. The van der Waals surface area contributed by atoms with E-state index >= 15 is 0 Å². The minimum Gasteiger partial charge on any atom is -0.260 e. The Morgan fingerprint density at radius 2 is 1.91 bits per heavy atom. The van der Waals surface area contributed by atoms with Gasteiger partial charge in [0.2, 0.25) is 0 Å². The molecule has 0 aliphatic carbocycles. The van der Waals surface area contributed by atoms with Gasteiger partial charge in [-0.15, -0.1) is 0 Å². The Hall–Kier alpha value is -1.87. The van der Waals surface area contributed by atoms with E-state index in [2.05, 4.69) is 4.98 Å². The Labute approximate surface area is 64.5 Å². The monoisotopic (exact) mass is 143 g/mol. The highest BCUT2D eigenvalue weighted by molar-refractivity contribution is 5.44. The predicted octanol–water partition coefficient (Wildman–Crippen LogP) is 1.13. The number of aromatic nitrogens is 1. The average Bonchev–Trinajstić information content (AvgIpc) is 2.04. The molecule has 1 heterocycles. The van der Waals surface area contributed by atoms with E-state index in [9.17, 15) is 0 Å². The summed E-state index contributed by atoms with van der Waals surface area (Å²) in [6.45, 7) is 1.78. The summed E-state index contributed by atoms with van der Waals surface area (Å²) in [6.07, 6.45) is 1.41. The number of nitrogens with zero attached hydrogens (tertiary/aromatic N) is 3. The Morgan fingerprint density at radius 3 is 2.45 bits per heavy atom. The average molecular weight is 143 g/mol. The number of hydrogen-bond acceptors (Lipinski definition) is 3. The van der Waals surface area contributed by atoms with Crippen molar-refractivity contribution >= 4 is 0 Å². The number of pyridine rings is 1. The van der Waals surface area contributed by atoms with Crippen LogP contribution < -0.4 is 0 Å². The molecule has 3 heteroatoms. The Balaban J connectivity index is 3.34. The molecule has 52 valence electrons. The summed E-state index contributed by atoms with van der Waals surface area (Å²) in [5, 5.41) is 17.0. The van der Waals surface area contributed by atoms with Crippen LogP contribution in [-0.4, -0.2) is 4.98 Å². The zero-order valence-corrected chi connectivity index (χ0v) is 6.00. The van der Waals surface area contributed by atoms with Crippen molar-refractivity contribution in [2.75, 3.05) is 0 Å². The first-order chi connectivity index (χ1) is 5.27. The van der Waals surface area contributed by atoms with Crippen LogP contribution in [0.2, 0.25) is 0 Å². The quantitative estimate of drug-likeness (QED) is 0.547. The zero-order valence-electron chi connectivity index (χ0n) is 6.00. The van der Waals surface area contributed by atoms with Crippen LogP contribution in [0.3, 0.4) is 0 Å². The molecule has 0 saturated heterocycles. The fourth-order valence-electron chi connectivity index (χ4n) is 0.741. The summed E-state index contributed by atoms with van der Waals surface area (Å²) in [7, 11) is 0. The molecule has 1 aromatic heterocycles. The van der Waals surface area contributed by atoms with Crippen LogP contribution in [0.15, 0.2) is 12.3 Å². The lowest BCUT2D eigenvalue weighted by molar-refractivity contribution is 1.18. The molecule has 0 unspecified atom stereocenters. The third-order valence-corrected chi connectivity index (χ3v) is 1.28. The minimum atomic E-state index is 0.332. The van der Waals surface area contributed by atoms with Gasteiger partial charge < -0.3 is 0 Å². The third kappa shape index (κ3) is 1.33. The molecular weight excluding hydrogens is 138 g/mol. The third-order valence-electron chi connectivity index (χ3n) is 1.28. The van der Waals surface area contributed by atoms with Crippen molar-refractivity contribution in [3.63, 3.8) is 0 Å². The van der Waals surface area contributed by atoms with E-state index in [1.54, 1.807) is 13.0 Å². The van der Waals surface area contributed by atoms with Gasteiger partial charge in [0.05, 0.1) is 11.1 Å². The van der Waals surface area contributed by atoms with Gasteiger partial charge in [-0.1, -0.05) is 0 Å². The second-order valence-electron chi connectivity index (χ2n) is 2.09. The summed E-state index contributed by atoms with van der Waals surface area (Å²) in [6, 6.07) is 5.41. The summed E-state index contributed by atoms with van der Waals surface area (Å²) in [4.78, 5) is 3.88. The van der Waals surface area contributed by atoms with E-state index < -0.39 is 0 Å².